The van der Waals surface area contributed by atoms with Crippen LogP contribution in [-0.2, 0) is 11.2 Å². The van der Waals surface area contributed by atoms with Gasteiger partial charge in [0.1, 0.15) is 5.82 Å². The van der Waals surface area contributed by atoms with E-state index >= 15 is 0 Å². The van der Waals surface area contributed by atoms with Crippen LogP contribution in [0.25, 0.3) is 0 Å². The lowest BCUT2D eigenvalue weighted by Gasteiger charge is -2.13. The lowest BCUT2D eigenvalue weighted by atomic mass is 10.1. The van der Waals surface area contributed by atoms with Crippen molar-refractivity contribution in [2.24, 2.45) is 0 Å². The predicted molar refractivity (Wildman–Crippen MR) is 74.0 cm³/mol. The molecule has 1 amide bonds. The Hall–Kier alpha value is -0.940. The van der Waals surface area contributed by atoms with Gasteiger partial charge in [0, 0.05) is 12.6 Å². The summed E-state index contributed by atoms with van der Waals surface area (Å²) in [6.45, 7) is 5.50. The van der Waals surface area contributed by atoms with Gasteiger partial charge in [0.2, 0.25) is 5.91 Å². The summed E-state index contributed by atoms with van der Waals surface area (Å²) < 4.78 is 13.4. The van der Waals surface area contributed by atoms with Gasteiger partial charge in [-0.25, -0.2) is 4.39 Å². The molecule has 5 heteroatoms. The standard InChI is InChI=1S/C13H18BrFN2O/c1-3-16-9(2)8-17-13(18)7-10-4-5-12(15)11(14)6-10/h4-6,9,16H,3,7-8H2,1-2H3,(H,17,18)/t9-/m1/s1. The highest BCUT2D eigenvalue weighted by Gasteiger charge is 2.07. The van der Waals surface area contributed by atoms with Crippen molar-refractivity contribution in [3.05, 3.63) is 34.1 Å². The van der Waals surface area contributed by atoms with Gasteiger partial charge in [-0.05, 0) is 47.1 Å². The largest absolute Gasteiger partial charge is 0.354 e. The number of hydrogen-bond acceptors (Lipinski definition) is 2. The van der Waals surface area contributed by atoms with Crippen molar-refractivity contribution in [2.75, 3.05) is 13.1 Å². The summed E-state index contributed by atoms with van der Waals surface area (Å²) in [4.78, 5) is 11.7. The van der Waals surface area contributed by atoms with E-state index in [-0.39, 0.29) is 24.2 Å². The fourth-order valence-corrected chi connectivity index (χ4v) is 2.01. The third kappa shape index (κ3) is 5.14. The molecule has 1 rings (SSSR count). The van der Waals surface area contributed by atoms with Gasteiger partial charge in [0.25, 0.3) is 0 Å². The Balaban J connectivity index is 2.42. The van der Waals surface area contributed by atoms with Crippen LogP contribution in [0, 0.1) is 5.82 Å². The van der Waals surface area contributed by atoms with Gasteiger partial charge in [-0.2, -0.15) is 0 Å². The second kappa shape index (κ2) is 7.48. The van der Waals surface area contributed by atoms with Crippen LogP contribution in [0.15, 0.2) is 22.7 Å². The molecule has 0 spiro atoms. The van der Waals surface area contributed by atoms with E-state index in [4.69, 9.17) is 0 Å². The number of carbonyl (C=O) groups is 1. The van der Waals surface area contributed by atoms with Crippen molar-refractivity contribution in [1.29, 1.82) is 0 Å². The summed E-state index contributed by atoms with van der Waals surface area (Å²) in [5.41, 5.74) is 0.789. The van der Waals surface area contributed by atoms with Gasteiger partial charge in [0.05, 0.1) is 10.9 Å². The van der Waals surface area contributed by atoms with Crippen LogP contribution >= 0.6 is 15.9 Å². The Kier molecular flexibility index (Phi) is 6.29. The minimum absolute atomic E-state index is 0.0572. The monoisotopic (exact) mass is 316 g/mol. The summed E-state index contributed by atoms with van der Waals surface area (Å²) in [5.74, 6) is -0.377. The Morgan fingerprint density at radius 2 is 2.22 bits per heavy atom. The average molecular weight is 317 g/mol. The minimum Gasteiger partial charge on any atom is -0.354 e. The molecular formula is C13H18BrFN2O. The Morgan fingerprint density at radius 3 is 2.83 bits per heavy atom. The highest BCUT2D eigenvalue weighted by atomic mass is 79.9. The molecule has 0 bridgehead atoms. The molecule has 0 unspecified atom stereocenters. The number of benzene rings is 1. The number of carbonyl (C=O) groups excluding carboxylic acids is 1. The molecule has 100 valence electrons. The summed E-state index contributed by atoms with van der Waals surface area (Å²) in [6, 6.07) is 4.85. The molecular weight excluding hydrogens is 299 g/mol. The van der Waals surface area contributed by atoms with Gasteiger partial charge < -0.3 is 10.6 Å². The van der Waals surface area contributed by atoms with E-state index < -0.39 is 0 Å². The Bertz CT molecular complexity index is 412. The van der Waals surface area contributed by atoms with E-state index in [0.29, 0.717) is 11.0 Å². The van der Waals surface area contributed by atoms with Crippen LogP contribution in [0.1, 0.15) is 19.4 Å². The number of rotatable bonds is 6. The highest BCUT2D eigenvalue weighted by Crippen LogP contribution is 2.17. The third-order valence-electron chi connectivity index (χ3n) is 2.51. The van der Waals surface area contributed by atoms with Crippen molar-refractivity contribution >= 4 is 21.8 Å². The van der Waals surface area contributed by atoms with Crippen LogP contribution in [0.3, 0.4) is 0 Å². The lowest BCUT2D eigenvalue weighted by molar-refractivity contribution is -0.120. The molecule has 0 aromatic heterocycles. The van der Waals surface area contributed by atoms with Crippen molar-refractivity contribution in [1.82, 2.24) is 10.6 Å². The Labute approximate surface area is 115 Å². The molecule has 18 heavy (non-hydrogen) atoms. The highest BCUT2D eigenvalue weighted by molar-refractivity contribution is 9.10. The first-order valence-electron chi connectivity index (χ1n) is 5.97. The quantitative estimate of drug-likeness (QED) is 0.845. The van der Waals surface area contributed by atoms with Gasteiger partial charge in [-0.3, -0.25) is 4.79 Å². The first-order valence-corrected chi connectivity index (χ1v) is 6.76. The smallest absolute Gasteiger partial charge is 0.224 e. The summed E-state index contributed by atoms with van der Waals surface area (Å²) in [5, 5.41) is 6.05. The SMILES string of the molecule is CCN[C@H](C)CNC(=O)Cc1ccc(F)c(Br)c1. The molecule has 0 saturated heterocycles. The maximum atomic E-state index is 13.0. The normalized spacial score (nSPS) is 12.2. The van der Waals surface area contributed by atoms with E-state index in [2.05, 4.69) is 26.6 Å². The van der Waals surface area contributed by atoms with Crippen molar-refractivity contribution in [3.63, 3.8) is 0 Å². The second-order valence-corrected chi connectivity index (χ2v) is 5.04. The maximum Gasteiger partial charge on any atom is 0.224 e. The molecule has 1 aromatic rings. The van der Waals surface area contributed by atoms with E-state index in [9.17, 15) is 9.18 Å². The zero-order valence-electron chi connectivity index (χ0n) is 10.6. The second-order valence-electron chi connectivity index (χ2n) is 4.19. The number of hydrogen-bond donors (Lipinski definition) is 2. The molecule has 0 fully saturated rings. The molecule has 0 heterocycles. The number of halogens is 2. The summed E-state index contributed by atoms with van der Waals surface area (Å²) >= 11 is 3.10. The van der Waals surface area contributed by atoms with Crippen LogP contribution in [0.4, 0.5) is 4.39 Å². The number of nitrogens with one attached hydrogen (secondary N) is 2. The van der Waals surface area contributed by atoms with Gasteiger partial charge in [0.15, 0.2) is 0 Å². The first-order chi connectivity index (χ1) is 8.52. The number of likely N-dealkylation sites (N-methyl/N-ethyl adjacent to an activating group) is 1. The maximum absolute atomic E-state index is 13.0. The lowest BCUT2D eigenvalue weighted by Crippen LogP contribution is -2.39. The zero-order valence-corrected chi connectivity index (χ0v) is 12.2. The predicted octanol–water partition coefficient (Wildman–Crippen LogP) is 2.24. The van der Waals surface area contributed by atoms with Crippen LogP contribution in [0.2, 0.25) is 0 Å². The van der Waals surface area contributed by atoms with Gasteiger partial charge in [-0.1, -0.05) is 13.0 Å². The summed E-state index contributed by atoms with van der Waals surface area (Å²) in [7, 11) is 0. The van der Waals surface area contributed by atoms with E-state index in [0.717, 1.165) is 12.1 Å². The molecule has 1 atom stereocenters. The molecule has 0 aliphatic carbocycles. The first kappa shape index (κ1) is 15.1. The third-order valence-corrected chi connectivity index (χ3v) is 3.11. The molecule has 1 aromatic carbocycles. The van der Waals surface area contributed by atoms with Gasteiger partial charge >= 0.3 is 0 Å². The van der Waals surface area contributed by atoms with E-state index in [1.165, 1.54) is 6.07 Å². The van der Waals surface area contributed by atoms with Crippen LogP contribution in [0.5, 0.6) is 0 Å². The molecule has 0 aliphatic heterocycles. The topological polar surface area (TPSA) is 41.1 Å². The molecule has 0 radical (unpaired) electrons. The molecule has 0 aliphatic rings. The van der Waals surface area contributed by atoms with E-state index in [1.807, 2.05) is 13.8 Å². The summed E-state index contributed by atoms with van der Waals surface area (Å²) in [6.07, 6.45) is 0.262. The Morgan fingerprint density at radius 1 is 1.50 bits per heavy atom. The van der Waals surface area contributed by atoms with Crippen molar-refractivity contribution in [3.8, 4) is 0 Å². The number of amides is 1. The van der Waals surface area contributed by atoms with Gasteiger partial charge in [-0.15, -0.1) is 0 Å². The molecule has 2 N–H and O–H groups in total. The van der Waals surface area contributed by atoms with E-state index in [1.54, 1.807) is 12.1 Å². The minimum atomic E-state index is -0.320. The van der Waals surface area contributed by atoms with Crippen LogP contribution in [-0.4, -0.2) is 25.0 Å². The average Bonchev–Trinajstić information content (AvgIpc) is 2.32. The fourth-order valence-electron chi connectivity index (χ4n) is 1.59. The van der Waals surface area contributed by atoms with Crippen LogP contribution < -0.4 is 10.6 Å². The zero-order chi connectivity index (χ0) is 13.5. The van der Waals surface area contributed by atoms with Crippen molar-refractivity contribution < 1.29 is 9.18 Å². The molecule has 0 saturated carbocycles. The van der Waals surface area contributed by atoms with Crippen molar-refractivity contribution in [2.45, 2.75) is 26.3 Å². The molecule has 3 nitrogen and oxygen atoms in total. The fraction of sp³-hybridized carbons (Fsp3) is 0.462.